The Morgan fingerprint density at radius 2 is 1.97 bits per heavy atom. The highest BCUT2D eigenvalue weighted by Gasteiger charge is 2.15. The van der Waals surface area contributed by atoms with Gasteiger partial charge in [0.1, 0.15) is 17.3 Å². The Bertz CT molecular complexity index is 989. The maximum absolute atomic E-state index is 6.27. The molecule has 0 amide bonds. The third-order valence-electron chi connectivity index (χ3n) is 4.76. The predicted octanol–water partition coefficient (Wildman–Crippen LogP) is 4.19. The first-order chi connectivity index (χ1) is 14.1. The van der Waals surface area contributed by atoms with E-state index in [0.717, 1.165) is 41.4 Å². The second-order valence-corrected chi connectivity index (χ2v) is 7.34. The molecule has 1 aliphatic heterocycles. The summed E-state index contributed by atoms with van der Waals surface area (Å²) in [5.41, 5.74) is 9.20. The van der Waals surface area contributed by atoms with E-state index in [2.05, 4.69) is 14.9 Å². The number of anilines is 1. The van der Waals surface area contributed by atoms with Crippen molar-refractivity contribution in [1.82, 2.24) is 9.97 Å². The van der Waals surface area contributed by atoms with Crippen molar-refractivity contribution in [1.29, 1.82) is 0 Å². The number of nitrogens with zero attached hydrogens (tertiary/aromatic N) is 3. The molecule has 3 aromatic rings. The fourth-order valence-corrected chi connectivity index (χ4v) is 3.42. The molecule has 0 spiro atoms. The van der Waals surface area contributed by atoms with Crippen LogP contribution < -0.4 is 15.4 Å². The van der Waals surface area contributed by atoms with E-state index in [-0.39, 0.29) is 0 Å². The van der Waals surface area contributed by atoms with E-state index in [9.17, 15) is 0 Å². The van der Waals surface area contributed by atoms with Gasteiger partial charge in [0.05, 0.1) is 18.9 Å². The van der Waals surface area contributed by atoms with Crippen molar-refractivity contribution in [2.75, 3.05) is 31.2 Å². The molecule has 29 heavy (non-hydrogen) atoms. The SMILES string of the molecule is Cc1cc(Oc2cc(Cl)ccc2-c2ccc(CN)cn2)cc(N2CCOCC2)n1. The number of hydrogen-bond donors (Lipinski definition) is 1. The topological polar surface area (TPSA) is 73.5 Å². The van der Waals surface area contributed by atoms with Gasteiger partial charge < -0.3 is 20.1 Å². The van der Waals surface area contributed by atoms with Gasteiger partial charge in [-0.15, -0.1) is 0 Å². The van der Waals surface area contributed by atoms with Crippen LogP contribution in [0.15, 0.2) is 48.7 Å². The monoisotopic (exact) mass is 410 g/mol. The summed E-state index contributed by atoms with van der Waals surface area (Å²) in [4.78, 5) is 11.4. The number of benzene rings is 1. The first-order valence-electron chi connectivity index (χ1n) is 9.56. The van der Waals surface area contributed by atoms with Crippen molar-refractivity contribution in [3.63, 3.8) is 0 Å². The Morgan fingerprint density at radius 3 is 2.69 bits per heavy atom. The summed E-state index contributed by atoms with van der Waals surface area (Å²) < 4.78 is 11.7. The molecule has 6 nitrogen and oxygen atoms in total. The van der Waals surface area contributed by atoms with Crippen LogP contribution in [-0.4, -0.2) is 36.3 Å². The quantitative estimate of drug-likeness (QED) is 0.679. The number of ether oxygens (including phenoxy) is 2. The van der Waals surface area contributed by atoms with E-state index in [4.69, 9.17) is 26.8 Å². The lowest BCUT2D eigenvalue weighted by Crippen LogP contribution is -2.36. The van der Waals surface area contributed by atoms with Gasteiger partial charge in [0.25, 0.3) is 0 Å². The molecule has 1 aromatic carbocycles. The summed E-state index contributed by atoms with van der Waals surface area (Å²) in [6.07, 6.45) is 1.78. The lowest BCUT2D eigenvalue weighted by molar-refractivity contribution is 0.122. The van der Waals surface area contributed by atoms with Crippen LogP contribution in [0.5, 0.6) is 11.5 Å². The molecule has 2 aromatic heterocycles. The third-order valence-corrected chi connectivity index (χ3v) is 4.99. The average Bonchev–Trinajstić information content (AvgIpc) is 2.74. The molecule has 0 bridgehead atoms. The number of nitrogens with two attached hydrogens (primary N) is 1. The Balaban J connectivity index is 1.67. The Morgan fingerprint density at radius 1 is 1.14 bits per heavy atom. The molecule has 0 unspecified atom stereocenters. The van der Waals surface area contributed by atoms with Crippen molar-refractivity contribution in [3.05, 3.63) is 64.9 Å². The minimum absolute atomic E-state index is 0.456. The highest BCUT2D eigenvalue weighted by Crippen LogP contribution is 2.35. The molecule has 0 aliphatic carbocycles. The first-order valence-corrected chi connectivity index (χ1v) is 9.94. The van der Waals surface area contributed by atoms with Gasteiger partial charge in [-0.2, -0.15) is 0 Å². The van der Waals surface area contributed by atoms with Crippen LogP contribution in [0.25, 0.3) is 11.3 Å². The normalized spacial score (nSPS) is 14.1. The van der Waals surface area contributed by atoms with Crippen LogP contribution in [0.2, 0.25) is 5.02 Å². The molecular weight excluding hydrogens is 388 g/mol. The third kappa shape index (κ3) is 4.67. The number of aryl methyl sites for hydroxylation is 1. The zero-order valence-electron chi connectivity index (χ0n) is 16.3. The van der Waals surface area contributed by atoms with Gasteiger partial charge in [-0.25, -0.2) is 4.98 Å². The number of halogens is 1. The number of aromatic nitrogens is 2. The van der Waals surface area contributed by atoms with Crippen molar-refractivity contribution in [2.45, 2.75) is 13.5 Å². The second-order valence-electron chi connectivity index (χ2n) is 6.90. The number of hydrogen-bond acceptors (Lipinski definition) is 6. The number of morpholine rings is 1. The van der Waals surface area contributed by atoms with Crippen molar-refractivity contribution in [2.24, 2.45) is 5.73 Å². The summed E-state index contributed by atoms with van der Waals surface area (Å²) in [5, 5.41) is 0.599. The van der Waals surface area contributed by atoms with Crippen molar-refractivity contribution < 1.29 is 9.47 Å². The van der Waals surface area contributed by atoms with Crippen LogP contribution in [0, 0.1) is 6.92 Å². The number of rotatable bonds is 5. The largest absolute Gasteiger partial charge is 0.456 e. The maximum atomic E-state index is 6.27. The smallest absolute Gasteiger partial charge is 0.138 e. The number of pyridine rings is 2. The molecule has 0 radical (unpaired) electrons. The van der Waals surface area contributed by atoms with Crippen LogP contribution in [0.1, 0.15) is 11.3 Å². The molecule has 7 heteroatoms. The Hall–Kier alpha value is -2.67. The van der Waals surface area contributed by atoms with Crippen LogP contribution in [0.4, 0.5) is 5.82 Å². The standard InChI is InChI=1S/C22H23ClN4O2/c1-15-10-18(12-22(26-15)27-6-8-28-9-7-27)29-21-11-17(23)3-4-19(21)20-5-2-16(13-24)14-25-20/h2-5,10-12,14H,6-9,13,24H2,1H3. The summed E-state index contributed by atoms with van der Waals surface area (Å²) in [7, 11) is 0. The van der Waals surface area contributed by atoms with E-state index >= 15 is 0 Å². The summed E-state index contributed by atoms with van der Waals surface area (Å²) in [6.45, 7) is 5.45. The predicted molar refractivity (Wildman–Crippen MR) is 115 cm³/mol. The molecule has 2 N–H and O–H groups in total. The molecule has 1 aliphatic rings. The summed E-state index contributed by atoms with van der Waals surface area (Å²) in [5.74, 6) is 2.24. The van der Waals surface area contributed by atoms with Gasteiger partial charge in [0.15, 0.2) is 0 Å². The molecule has 0 atom stereocenters. The van der Waals surface area contributed by atoms with Crippen LogP contribution >= 0.6 is 11.6 Å². The zero-order chi connectivity index (χ0) is 20.2. The Kier molecular flexibility index (Phi) is 5.94. The van der Waals surface area contributed by atoms with E-state index in [1.165, 1.54) is 0 Å². The van der Waals surface area contributed by atoms with Gasteiger partial charge in [-0.05, 0) is 30.7 Å². The van der Waals surface area contributed by atoms with E-state index < -0.39 is 0 Å². The maximum Gasteiger partial charge on any atom is 0.138 e. The molecule has 1 fully saturated rings. The van der Waals surface area contributed by atoms with Gasteiger partial charge in [-0.3, -0.25) is 4.98 Å². The molecule has 1 saturated heterocycles. The Labute approximate surface area is 175 Å². The van der Waals surface area contributed by atoms with E-state index in [1.807, 2.05) is 43.3 Å². The van der Waals surface area contributed by atoms with Gasteiger partial charge in [0.2, 0.25) is 0 Å². The van der Waals surface area contributed by atoms with E-state index in [0.29, 0.717) is 36.3 Å². The highest BCUT2D eigenvalue weighted by atomic mass is 35.5. The summed E-state index contributed by atoms with van der Waals surface area (Å²) >= 11 is 6.25. The van der Waals surface area contributed by atoms with Crippen molar-refractivity contribution in [3.8, 4) is 22.8 Å². The lowest BCUT2D eigenvalue weighted by Gasteiger charge is -2.28. The zero-order valence-corrected chi connectivity index (χ0v) is 17.0. The van der Waals surface area contributed by atoms with Crippen LogP contribution in [0.3, 0.4) is 0 Å². The van der Waals surface area contributed by atoms with Gasteiger partial charge in [-0.1, -0.05) is 17.7 Å². The van der Waals surface area contributed by atoms with E-state index in [1.54, 1.807) is 12.3 Å². The van der Waals surface area contributed by atoms with Crippen molar-refractivity contribution >= 4 is 17.4 Å². The fourth-order valence-electron chi connectivity index (χ4n) is 3.26. The van der Waals surface area contributed by atoms with Gasteiger partial charge >= 0.3 is 0 Å². The first kappa shape index (κ1) is 19.6. The molecule has 4 rings (SSSR count). The summed E-state index contributed by atoms with van der Waals surface area (Å²) in [6, 6.07) is 13.3. The highest BCUT2D eigenvalue weighted by molar-refractivity contribution is 6.30. The second kappa shape index (κ2) is 8.78. The molecule has 0 saturated carbocycles. The molecule has 150 valence electrons. The minimum Gasteiger partial charge on any atom is -0.456 e. The lowest BCUT2D eigenvalue weighted by atomic mass is 10.1. The van der Waals surface area contributed by atoms with Gasteiger partial charge in [0, 0.05) is 60.3 Å². The minimum atomic E-state index is 0.456. The molecule has 3 heterocycles. The molecular formula is C22H23ClN4O2. The van der Waals surface area contributed by atoms with Crippen LogP contribution in [-0.2, 0) is 11.3 Å². The average molecular weight is 411 g/mol. The fraction of sp³-hybridized carbons (Fsp3) is 0.273.